The summed E-state index contributed by atoms with van der Waals surface area (Å²) in [6, 6.07) is 10.2. The van der Waals surface area contributed by atoms with Crippen LogP contribution in [0.15, 0.2) is 42.5 Å². The predicted molar refractivity (Wildman–Crippen MR) is 130 cm³/mol. The molecule has 2 N–H and O–H groups in total. The number of halogens is 1. The number of imide groups is 1. The summed E-state index contributed by atoms with van der Waals surface area (Å²) in [5, 5.41) is 5.10. The van der Waals surface area contributed by atoms with Gasteiger partial charge in [-0.25, -0.2) is 18.9 Å². The maximum Gasteiger partial charge on any atom is 0.417 e. The molecule has 1 fully saturated rings. The summed E-state index contributed by atoms with van der Waals surface area (Å²) in [6.07, 6.45) is 0.779. The van der Waals surface area contributed by atoms with Gasteiger partial charge in [0, 0.05) is 30.8 Å². The zero-order chi connectivity index (χ0) is 26.0. The van der Waals surface area contributed by atoms with Crippen molar-refractivity contribution in [3.05, 3.63) is 65.0 Å². The summed E-state index contributed by atoms with van der Waals surface area (Å²) >= 11 is 0. The molecule has 5 amide bonds. The molecule has 0 radical (unpaired) electrons. The smallest absolute Gasteiger partial charge is 0.417 e. The van der Waals surface area contributed by atoms with Crippen molar-refractivity contribution in [2.24, 2.45) is 0 Å². The predicted octanol–water partition coefficient (Wildman–Crippen LogP) is 3.64. The van der Waals surface area contributed by atoms with Crippen molar-refractivity contribution in [2.45, 2.75) is 44.7 Å². The van der Waals surface area contributed by atoms with E-state index in [1.54, 1.807) is 29.2 Å². The summed E-state index contributed by atoms with van der Waals surface area (Å²) < 4.78 is 18.8. The van der Waals surface area contributed by atoms with E-state index in [-0.39, 0.29) is 30.5 Å². The lowest BCUT2D eigenvalue weighted by molar-refractivity contribution is -0.137. The molecule has 1 saturated heterocycles. The maximum atomic E-state index is 13.6. The van der Waals surface area contributed by atoms with E-state index in [1.165, 1.54) is 25.2 Å². The van der Waals surface area contributed by atoms with Crippen molar-refractivity contribution in [1.29, 1.82) is 0 Å². The Balaban J connectivity index is 1.60. The lowest BCUT2D eigenvalue weighted by Crippen LogP contribution is -2.52. The van der Waals surface area contributed by atoms with Gasteiger partial charge >= 0.3 is 12.1 Å². The zero-order valence-electron chi connectivity index (χ0n) is 20.5. The molecule has 2 aromatic carbocycles. The second-order valence-corrected chi connectivity index (χ2v) is 9.26. The van der Waals surface area contributed by atoms with E-state index in [0.717, 1.165) is 16.9 Å². The SMILES string of the molecule is CNC(=O)Nc1ccc2c(c1)CCOC(=O)N(CC(=O)N1[C@@H](C)CC[C@@]1(C)c1ccc(F)cc1)C2=O. The van der Waals surface area contributed by atoms with Crippen molar-refractivity contribution >= 4 is 29.6 Å². The Kier molecular flexibility index (Phi) is 6.96. The average molecular weight is 497 g/mol. The van der Waals surface area contributed by atoms with Gasteiger partial charge in [0.15, 0.2) is 0 Å². The number of ether oxygens (including phenoxy) is 1. The number of hydrogen-bond donors (Lipinski definition) is 2. The number of cyclic esters (lactones) is 1. The molecule has 2 heterocycles. The first-order chi connectivity index (χ1) is 17.1. The van der Waals surface area contributed by atoms with Crippen LogP contribution in [0.1, 0.15) is 48.2 Å². The summed E-state index contributed by atoms with van der Waals surface area (Å²) in [5.74, 6) is -1.42. The fourth-order valence-electron chi connectivity index (χ4n) is 5.02. The Bertz CT molecular complexity index is 1200. The van der Waals surface area contributed by atoms with Gasteiger partial charge in [0.05, 0.1) is 12.1 Å². The van der Waals surface area contributed by atoms with Crippen LogP contribution in [0, 0.1) is 5.82 Å². The number of rotatable bonds is 4. The lowest BCUT2D eigenvalue weighted by atomic mass is 9.89. The van der Waals surface area contributed by atoms with Gasteiger partial charge in [0.25, 0.3) is 5.91 Å². The molecule has 0 unspecified atom stereocenters. The van der Waals surface area contributed by atoms with Crippen molar-refractivity contribution in [1.82, 2.24) is 15.1 Å². The quantitative estimate of drug-likeness (QED) is 0.672. The second kappa shape index (κ2) is 9.96. The van der Waals surface area contributed by atoms with Crippen LogP contribution < -0.4 is 10.6 Å². The largest absolute Gasteiger partial charge is 0.449 e. The van der Waals surface area contributed by atoms with Gasteiger partial charge in [-0.3, -0.25) is 9.59 Å². The van der Waals surface area contributed by atoms with E-state index in [4.69, 9.17) is 4.74 Å². The molecule has 2 aromatic rings. The molecule has 2 aliphatic heterocycles. The Labute approximate surface area is 208 Å². The summed E-state index contributed by atoms with van der Waals surface area (Å²) in [4.78, 5) is 53.9. The molecule has 36 heavy (non-hydrogen) atoms. The number of nitrogens with one attached hydrogen (secondary N) is 2. The van der Waals surface area contributed by atoms with Gasteiger partial charge in [-0.1, -0.05) is 12.1 Å². The molecule has 190 valence electrons. The number of fused-ring (bicyclic) bond motifs is 1. The average Bonchev–Trinajstić information content (AvgIpc) is 3.16. The van der Waals surface area contributed by atoms with E-state index in [9.17, 15) is 23.6 Å². The minimum Gasteiger partial charge on any atom is -0.449 e. The number of urea groups is 1. The standard InChI is InChI=1S/C26H29FN4O5/c1-16-10-12-26(2,18-4-6-19(27)7-5-18)31(16)22(32)15-30-23(33)21-9-8-20(29-24(34)28-3)14-17(21)11-13-36-25(30)35/h4-9,14,16H,10-13,15H2,1-3H3,(H2,28,29,34)/t16-,26-/m0/s1. The van der Waals surface area contributed by atoms with Crippen LogP contribution in [0.2, 0.25) is 0 Å². The third-order valence-electron chi connectivity index (χ3n) is 6.93. The van der Waals surface area contributed by atoms with E-state index < -0.39 is 36.0 Å². The van der Waals surface area contributed by atoms with Gasteiger partial charge in [0.1, 0.15) is 12.4 Å². The molecule has 0 saturated carbocycles. The molecular formula is C26H29FN4O5. The van der Waals surface area contributed by atoms with Crippen LogP contribution >= 0.6 is 0 Å². The molecule has 0 bridgehead atoms. The van der Waals surface area contributed by atoms with Crippen molar-refractivity contribution < 1.29 is 28.3 Å². The number of benzene rings is 2. The number of carbonyl (C=O) groups excluding carboxylic acids is 4. The molecule has 0 aromatic heterocycles. The van der Waals surface area contributed by atoms with E-state index in [0.29, 0.717) is 17.7 Å². The van der Waals surface area contributed by atoms with Crippen LogP contribution in [0.5, 0.6) is 0 Å². The summed E-state index contributed by atoms with van der Waals surface area (Å²) in [5.41, 5.74) is 1.40. The molecule has 2 atom stereocenters. The normalized spacial score (nSPS) is 21.8. The van der Waals surface area contributed by atoms with Gasteiger partial charge < -0.3 is 20.3 Å². The van der Waals surface area contributed by atoms with Gasteiger partial charge in [-0.05, 0) is 68.1 Å². The van der Waals surface area contributed by atoms with Crippen LogP contribution in [0.4, 0.5) is 19.7 Å². The highest BCUT2D eigenvalue weighted by Crippen LogP contribution is 2.42. The molecule has 10 heteroatoms. The molecule has 0 spiro atoms. The van der Waals surface area contributed by atoms with Gasteiger partial charge in [-0.15, -0.1) is 0 Å². The first-order valence-corrected chi connectivity index (χ1v) is 11.8. The minimum atomic E-state index is -0.887. The monoisotopic (exact) mass is 496 g/mol. The highest BCUT2D eigenvalue weighted by Gasteiger charge is 2.46. The van der Waals surface area contributed by atoms with Gasteiger partial charge in [-0.2, -0.15) is 0 Å². The number of amides is 5. The van der Waals surface area contributed by atoms with Crippen LogP contribution in [0.25, 0.3) is 0 Å². The number of hydrogen-bond acceptors (Lipinski definition) is 5. The minimum absolute atomic E-state index is 0.0145. The zero-order valence-corrected chi connectivity index (χ0v) is 20.5. The summed E-state index contributed by atoms with van der Waals surface area (Å²) in [6.45, 7) is 3.35. The van der Waals surface area contributed by atoms with Crippen LogP contribution in [0.3, 0.4) is 0 Å². The topological polar surface area (TPSA) is 108 Å². The summed E-state index contributed by atoms with van der Waals surface area (Å²) in [7, 11) is 1.49. The highest BCUT2D eigenvalue weighted by atomic mass is 19.1. The first kappa shape index (κ1) is 25.2. The molecule has 2 aliphatic rings. The number of carbonyl (C=O) groups is 4. The highest BCUT2D eigenvalue weighted by molar-refractivity contribution is 6.06. The third-order valence-corrected chi connectivity index (χ3v) is 6.93. The van der Waals surface area contributed by atoms with Gasteiger partial charge in [0.2, 0.25) is 5.91 Å². The number of anilines is 1. The Hall–Kier alpha value is -3.95. The first-order valence-electron chi connectivity index (χ1n) is 11.8. The fourth-order valence-corrected chi connectivity index (χ4v) is 5.02. The molecule has 4 rings (SSSR count). The molecule has 9 nitrogen and oxygen atoms in total. The van der Waals surface area contributed by atoms with Crippen molar-refractivity contribution in [3.8, 4) is 0 Å². The molecular weight excluding hydrogens is 467 g/mol. The van der Waals surface area contributed by atoms with E-state index >= 15 is 0 Å². The number of likely N-dealkylation sites (tertiary alicyclic amines) is 1. The Morgan fingerprint density at radius 1 is 1.17 bits per heavy atom. The maximum absolute atomic E-state index is 13.6. The van der Waals surface area contributed by atoms with Crippen molar-refractivity contribution in [2.75, 3.05) is 25.5 Å². The second-order valence-electron chi connectivity index (χ2n) is 9.26. The van der Waals surface area contributed by atoms with Crippen LogP contribution in [-0.4, -0.2) is 60.0 Å². The number of nitrogens with zero attached hydrogens (tertiary/aromatic N) is 2. The Morgan fingerprint density at radius 2 is 1.89 bits per heavy atom. The van der Waals surface area contributed by atoms with Crippen LogP contribution in [-0.2, 0) is 21.5 Å². The van der Waals surface area contributed by atoms with E-state index in [1.807, 2.05) is 13.8 Å². The Morgan fingerprint density at radius 3 is 2.58 bits per heavy atom. The molecule has 0 aliphatic carbocycles. The third kappa shape index (κ3) is 4.75. The van der Waals surface area contributed by atoms with Crippen molar-refractivity contribution in [3.63, 3.8) is 0 Å². The lowest BCUT2D eigenvalue weighted by Gasteiger charge is -2.39. The van der Waals surface area contributed by atoms with E-state index in [2.05, 4.69) is 10.6 Å². The fraction of sp³-hybridized carbons (Fsp3) is 0.385.